The zero-order valence-corrected chi connectivity index (χ0v) is 8.76. The van der Waals surface area contributed by atoms with Crippen molar-refractivity contribution in [2.45, 2.75) is 13.8 Å². The minimum atomic E-state index is -1.47. The van der Waals surface area contributed by atoms with Gasteiger partial charge in [0.15, 0.2) is 17.5 Å². The molecule has 0 unspecified atom stereocenters. The lowest BCUT2D eigenvalue weighted by Gasteiger charge is -2.07. The molecule has 1 aromatic heterocycles. The smallest absolute Gasteiger partial charge is 0.196 e. The maximum atomic E-state index is 13.5. The van der Waals surface area contributed by atoms with Crippen molar-refractivity contribution in [3.05, 3.63) is 47.3 Å². The Balaban J connectivity index is 2.66. The predicted molar refractivity (Wildman–Crippen MR) is 52.9 cm³/mol. The standard InChI is InChI=1S/C11H9F3N2/c1-6-7(2)16(5-15-6)9-4-3-8(12)10(13)11(9)14/h3-5H,1-2H3. The maximum absolute atomic E-state index is 13.5. The summed E-state index contributed by atoms with van der Waals surface area (Å²) in [6.07, 6.45) is 1.38. The Morgan fingerprint density at radius 1 is 1.06 bits per heavy atom. The van der Waals surface area contributed by atoms with Gasteiger partial charge in [0.1, 0.15) is 0 Å². The summed E-state index contributed by atoms with van der Waals surface area (Å²) >= 11 is 0. The van der Waals surface area contributed by atoms with Crippen LogP contribution in [-0.2, 0) is 0 Å². The minimum absolute atomic E-state index is 0.0444. The summed E-state index contributed by atoms with van der Waals surface area (Å²) in [6.45, 7) is 3.48. The molecule has 0 fully saturated rings. The van der Waals surface area contributed by atoms with Crippen LogP contribution < -0.4 is 0 Å². The predicted octanol–water partition coefficient (Wildman–Crippen LogP) is 2.91. The van der Waals surface area contributed by atoms with E-state index in [-0.39, 0.29) is 5.69 Å². The van der Waals surface area contributed by atoms with Crippen LogP contribution in [0.2, 0.25) is 0 Å². The summed E-state index contributed by atoms with van der Waals surface area (Å²) in [5.41, 5.74) is 1.35. The van der Waals surface area contributed by atoms with Crippen molar-refractivity contribution >= 4 is 0 Å². The molecule has 0 saturated heterocycles. The van der Waals surface area contributed by atoms with Gasteiger partial charge in [0.25, 0.3) is 0 Å². The zero-order chi connectivity index (χ0) is 11.9. The van der Waals surface area contributed by atoms with Crippen molar-refractivity contribution in [2.24, 2.45) is 0 Å². The number of rotatable bonds is 1. The highest BCUT2D eigenvalue weighted by Gasteiger charge is 2.16. The second kappa shape index (κ2) is 3.66. The first kappa shape index (κ1) is 10.7. The molecule has 1 heterocycles. The molecule has 0 aliphatic heterocycles. The molecular formula is C11H9F3N2. The molecule has 0 radical (unpaired) electrons. The molecule has 2 aromatic rings. The van der Waals surface area contributed by atoms with E-state index in [2.05, 4.69) is 4.98 Å². The number of benzene rings is 1. The highest BCUT2D eigenvalue weighted by Crippen LogP contribution is 2.21. The molecule has 84 valence electrons. The van der Waals surface area contributed by atoms with Crippen molar-refractivity contribution in [2.75, 3.05) is 0 Å². The van der Waals surface area contributed by atoms with E-state index >= 15 is 0 Å². The van der Waals surface area contributed by atoms with Gasteiger partial charge >= 0.3 is 0 Å². The highest BCUT2D eigenvalue weighted by molar-refractivity contribution is 5.37. The van der Waals surface area contributed by atoms with Crippen LogP contribution in [0.15, 0.2) is 18.5 Å². The molecule has 0 aliphatic rings. The maximum Gasteiger partial charge on any atom is 0.196 e. The fourth-order valence-corrected chi connectivity index (χ4v) is 1.44. The van der Waals surface area contributed by atoms with Gasteiger partial charge in [-0.3, -0.25) is 0 Å². The molecule has 16 heavy (non-hydrogen) atoms. The van der Waals surface area contributed by atoms with Crippen molar-refractivity contribution in [3.63, 3.8) is 0 Å². The number of halogens is 3. The van der Waals surface area contributed by atoms with E-state index in [9.17, 15) is 13.2 Å². The SMILES string of the molecule is Cc1ncn(-c2ccc(F)c(F)c2F)c1C. The normalized spacial score (nSPS) is 10.8. The third-order valence-corrected chi connectivity index (χ3v) is 2.53. The van der Waals surface area contributed by atoms with Gasteiger partial charge in [-0.25, -0.2) is 18.2 Å². The van der Waals surface area contributed by atoms with Crippen molar-refractivity contribution in [3.8, 4) is 5.69 Å². The van der Waals surface area contributed by atoms with Gasteiger partial charge in [0.05, 0.1) is 17.7 Å². The van der Waals surface area contributed by atoms with E-state index in [0.29, 0.717) is 11.4 Å². The topological polar surface area (TPSA) is 17.8 Å². The van der Waals surface area contributed by atoms with Crippen LogP contribution in [0, 0.1) is 31.3 Å². The van der Waals surface area contributed by atoms with Crippen LogP contribution in [0.1, 0.15) is 11.4 Å². The summed E-state index contributed by atoms with van der Waals surface area (Å²) < 4.78 is 40.6. The molecule has 0 saturated carbocycles. The third kappa shape index (κ3) is 1.48. The lowest BCUT2D eigenvalue weighted by molar-refractivity contribution is 0.444. The minimum Gasteiger partial charge on any atom is -0.300 e. The van der Waals surface area contributed by atoms with Crippen molar-refractivity contribution in [1.29, 1.82) is 0 Å². The second-order valence-corrected chi connectivity index (χ2v) is 3.48. The number of hydrogen-bond acceptors (Lipinski definition) is 1. The first-order chi connectivity index (χ1) is 7.52. The molecule has 1 aromatic carbocycles. The van der Waals surface area contributed by atoms with Crippen LogP contribution >= 0.6 is 0 Å². The van der Waals surface area contributed by atoms with Crippen molar-refractivity contribution in [1.82, 2.24) is 9.55 Å². The van der Waals surface area contributed by atoms with E-state index in [1.165, 1.54) is 17.0 Å². The summed E-state index contributed by atoms with van der Waals surface area (Å²) in [7, 11) is 0. The third-order valence-electron chi connectivity index (χ3n) is 2.53. The molecule has 0 amide bonds. The number of nitrogens with zero attached hydrogens (tertiary/aromatic N) is 2. The molecule has 0 bridgehead atoms. The van der Waals surface area contributed by atoms with Gasteiger partial charge in [-0.15, -0.1) is 0 Å². The van der Waals surface area contributed by atoms with Gasteiger partial charge in [0, 0.05) is 5.69 Å². The molecular weight excluding hydrogens is 217 g/mol. The van der Waals surface area contributed by atoms with Crippen LogP contribution in [0.25, 0.3) is 5.69 Å². The molecule has 2 nitrogen and oxygen atoms in total. The van der Waals surface area contributed by atoms with Gasteiger partial charge in [0.2, 0.25) is 0 Å². The molecule has 0 N–H and O–H groups in total. The van der Waals surface area contributed by atoms with Gasteiger partial charge in [-0.05, 0) is 26.0 Å². The first-order valence-corrected chi connectivity index (χ1v) is 4.66. The van der Waals surface area contributed by atoms with Crippen molar-refractivity contribution < 1.29 is 13.2 Å². The van der Waals surface area contributed by atoms with E-state index in [1.807, 2.05) is 0 Å². The summed E-state index contributed by atoms with van der Waals surface area (Å²) in [5.74, 6) is -3.88. The highest BCUT2D eigenvalue weighted by atomic mass is 19.2. The number of hydrogen-bond donors (Lipinski definition) is 0. The summed E-state index contributed by atoms with van der Waals surface area (Å²) in [4.78, 5) is 3.97. The molecule has 2 rings (SSSR count). The molecule has 5 heteroatoms. The Morgan fingerprint density at radius 2 is 1.75 bits per heavy atom. The average Bonchev–Trinajstić information content (AvgIpc) is 2.58. The van der Waals surface area contributed by atoms with E-state index in [0.717, 1.165) is 6.07 Å². The lowest BCUT2D eigenvalue weighted by Crippen LogP contribution is -2.02. The zero-order valence-electron chi connectivity index (χ0n) is 8.76. The van der Waals surface area contributed by atoms with Crippen LogP contribution in [0.4, 0.5) is 13.2 Å². The monoisotopic (exact) mass is 226 g/mol. The van der Waals surface area contributed by atoms with Gasteiger partial charge in [-0.1, -0.05) is 0 Å². The van der Waals surface area contributed by atoms with Crippen LogP contribution in [0.5, 0.6) is 0 Å². The molecule has 0 spiro atoms. The van der Waals surface area contributed by atoms with Gasteiger partial charge in [-0.2, -0.15) is 0 Å². The second-order valence-electron chi connectivity index (χ2n) is 3.48. The van der Waals surface area contributed by atoms with E-state index in [4.69, 9.17) is 0 Å². The van der Waals surface area contributed by atoms with Crippen LogP contribution in [0.3, 0.4) is 0 Å². The lowest BCUT2D eigenvalue weighted by atomic mass is 10.2. The quantitative estimate of drug-likeness (QED) is 0.683. The van der Waals surface area contributed by atoms with Crippen LogP contribution in [-0.4, -0.2) is 9.55 Å². The Hall–Kier alpha value is -1.78. The Morgan fingerprint density at radius 3 is 2.31 bits per heavy atom. The fraction of sp³-hybridized carbons (Fsp3) is 0.182. The number of aromatic nitrogens is 2. The Kier molecular flexibility index (Phi) is 2.46. The Labute approximate surface area is 90.4 Å². The van der Waals surface area contributed by atoms with E-state index in [1.54, 1.807) is 13.8 Å². The van der Waals surface area contributed by atoms with E-state index < -0.39 is 17.5 Å². The first-order valence-electron chi connectivity index (χ1n) is 4.66. The average molecular weight is 226 g/mol. The van der Waals surface area contributed by atoms with Gasteiger partial charge < -0.3 is 4.57 Å². The molecule has 0 atom stereocenters. The number of imidazole rings is 1. The Bertz CT molecular complexity index is 546. The summed E-state index contributed by atoms with van der Waals surface area (Å²) in [5, 5.41) is 0. The fourth-order valence-electron chi connectivity index (χ4n) is 1.44. The number of aryl methyl sites for hydroxylation is 1. The summed E-state index contributed by atoms with van der Waals surface area (Å²) in [6, 6.07) is 2.07. The molecule has 0 aliphatic carbocycles. The largest absolute Gasteiger partial charge is 0.300 e.